The van der Waals surface area contributed by atoms with E-state index in [4.69, 9.17) is 5.73 Å². The molecule has 0 saturated carbocycles. The average molecular weight is 245 g/mol. The van der Waals surface area contributed by atoms with Gasteiger partial charge in [-0.1, -0.05) is 24.3 Å². The second-order valence-corrected chi connectivity index (χ2v) is 3.65. The molecule has 92 valence electrons. The molecule has 0 radical (unpaired) electrons. The van der Waals surface area contributed by atoms with Gasteiger partial charge in [0, 0.05) is 5.69 Å². The van der Waals surface area contributed by atoms with E-state index < -0.39 is 11.7 Å². The Morgan fingerprint density at radius 3 is 2.44 bits per heavy atom. The monoisotopic (exact) mass is 245 g/mol. The van der Waals surface area contributed by atoms with Crippen molar-refractivity contribution in [3.8, 4) is 0 Å². The smallest absolute Gasteiger partial charge is 0.271 e. The van der Waals surface area contributed by atoms with Crippen molar-refractivity contribution < 1.29 is 9.18 Å². The van der Waals surface area contributed by atoms with Crippen LogP contribution in [0.4, 0.5) is 15.8 Å². The number of carbonyl (C=O) groups excluding carboxylic acids is 1. The third-order valence-electron chi connectivity index (χ3n) is 2.39. The van der Waals surface area contributed by atoms with E-state index in [1.807, 2.05) is 0 Å². The van der Waals surface area contributed by atoms with Crippen LogP contribution < -0.4 is 16.6 Å². The molecule has 0 heterocycles. The standard InChI is InChI=1S/C13H12FN3O/c14-10-6-2-4-8-12(10)16-17-13(18)9-5-1-3-7-11(9)15/h1-8,16H,15H2,(H,17,18). The second kappa shape index (κ2) is 5.18. The van der Waals surface area contributed by atoms with Crippen molar-refractivity contribution in [1.29, 1.82) is 0 Å². The predicted molar refractivity (Wildman–Crippen MR) is 68.3 cm³/mol. The van der Waals surface area contributed by atoms with Crippen molar-refractivity contribution in [3.05, 3.63) is 59.9 Å². The molecular formula is C13H12FN3O. The maximum Gasteiger partial charge on any atom is 0.271 e. The SMILES string of the molecule is Nc1ccccc1C(=O)NNc1ccccc1F. The number of para-hydroxylation sites is 2. The van der Waals surface area contributed by atoms with E-state index in [-0.39, 0.29) is 5.69 Å². The Labute approximate surface area is 104 Å². The Morgan fingerprint density at radius 2 is 1.72 bits per heavy atom. The van der Waals surface area contributed by atoms with Gasteiger partial charge in [-0.25, -0.2) is 4.39 Å². The highest BCUT2D eigenvalue weighted by Gasteiger charge is 2.08. The number of halogens is 1. The molecule has 2 aromatic rings. The molecule has 2 aromatic carbocycles. The Bertz CT molecular complexity index is 572. The van der Waals surface area contributed by atoms with Crippen LogP contribution in [0.5, 0.6) is 0 Å². The van der Waals surface area contributed by atoms with Gasteiger partial charge in [-0.2, -0.15) is 0 Å². The van der Waals surface area contributed by atoms with E-state index >= 15 is 0 Å². The summed E-state index contributed by atoms with van der Waals surface area (Å²) in [6, 6.07) is 12.7. The highest BCUT2D eigenvalue weighted by atomic mass is 19.1. The molecule has 0 fully saturated rings. The lowest BCUT2D eigenvalue weighted by Gasteiger charge is -2.10. The van der Waals surface area contributed by atoms with Crippen molar-refractivity contribution in [2.45, 2.75) is 0 Å². The van der Waals surface area contributed by atoms with Crippen LogP contribution in [-0.4, -0.2) is 5.91 Å². The molecule has 4 nitrogen and oxygen atoms in total. The minimum atomic E-state index is -0.446. The largest absolute Gasteiger partial charge is 0.398 e. The fourth-order valence-corrected chi connectivity index (χ4v) is 1.46. The molecule has 0 aliphatic rings. The highest BCUT2D eigenvalue weighted by molar-refractivity contribution is 5.99. The van der Waals surface area contributed by atoms with E-state index in [0.29, 0.717) is 11.3 Å². The number of hydrogen-bond acceptors (Lipinski definition) is 3. The molecule has 0 atom stereocenters. The number of anilines is 2. The summed E-state index contributed by atoms with van der Waals surface area (Å²) in [7, 11) is 0. The van der Waals surface area contributed by atoms with Gasteiger partial charge in [-0.3, -0.25) is 15.6 Å². The van der Waals surface area contributed by atoms with Gasteiger partial charge in [0.25, 0.3) is 5.91 Å². The number of hydrazine groups is 1. The van der Waals surface area contributed by atoms with Gasteiger partial charge < -0.3 is 5.73 Å². The van der Waals surface area contributed by atoms with Crippen molar-refractivity contribution in [1.82, 2.24) is 5.43 Å². The van der Waals surface area contributed by atoms with Crippen LogP contribution in [0.15, 0.2) is 48.5 Å². The number of amides is 1. The fraction of sp³-hybridized carbons (Fsp3) is 0. The third-order valence-corrected chi connectivity index (χ3v) is 2.39. The summed E-state index contributed by atoms with van der Waals surface area (Å²) in [6.07, 6.45) is 0. The lowest BCUT2D eigenvalue weighted by molar-refractivity contribution is 0.0963. The van der Waals surface area contributed by atoms with Crippen LogP contribution in [0.1, 0.15) is 10.4 Å². The maximum atomic E-state index is 13.3. The first-order valence-electron chi connectivity index (χ1n) is 5.34. The second-order valence-electron chi connectivity index (χ2n) is 3.65. The molecule has 0 aliphatic heterocycles. The molecule has 18 heavy (non-hydrogen) atoms. The zero-order valence-electron chi connectivity index (χ0n) is 9.48. The van der Waals surface area contributed by atoms with Gasteiger partial charge in [0.1, 0.15) is 5.82 Å². The molecule has 0 spiro atoms. The summed E-state index contributed by atoms with van der Waals surface area (Å²) in [4.78, 5) is 11.8. The lowest BCUT2D eigenvalue weighted by Crippen LogP contribution is -2.30. The first-order chi connectivity index (χ1) is 8.68. The van der Waals surface area contributed by atoms with Crippen LogP contribution >= 0.6 is 0 Å². The van der Waals surface area contributed by atoms with E-state index in [0.717, 1.165) is 0 Å². The molecule has 5 heteroatoms. The lowest BCUT2D eigenvalue weighted by atomic mass is 10.2. The van der Waals surface area contributed by atoms with E-state index in [1.54, 1.807) is 36.4 Å². The van der Waals surface area contributed by atoms with Crippen LogP contribution in [-0.2, 0) is 0 Å². The Hall–Kier alpha value is -2.56. The Morgan fingerprint density at radius 1 is 1.06 bits per heavy atom. The minimum Gasteiger partial charge on any atom is -0.398 e. The number of nitrogens with one attached hydrogen (secondary N) is 2. The molecule has 0 aromatic heterocycles. The first-order valence-corrected chi connectivity index (χ1v) is 5.34. The average Bonchev–Trinajstić information content (AvgIpc) is 2.38. The number of benzene rings is 2. The van der Waals surface area contributed by atoms with Gasteiger partial charge in [0.2, 0.25) is 0 Å². The topological polar surface area (TPSA) is 67.2 Å². The van der Waals surface area contributed by atoms with Crippen LogP contribution in [0, 0.1) is 5.82 Å². The molecular weight excluding hydrogens is 233 g/mol. The predicted octanol–water partition coefficient (Wildman–Crippen LogP) is 2.16. The first kappa shape index (κ1) is 11.9. The van der Waals surface area contributed by atoms with Crippen molar-refractivity contribution in [2.75, 3.05) is 11.2 Å². The van der Waals surface area contributed by atoms with Gasteiger partial charge in [0.05, 0.1) is 11.3 Å². The van der Waals surface area contributed by atoms with Gasteiger partial charge >= 0.3 is 0 Å². The van der Waals surface area contributed by atoms with Gasteiger partial charge in [-0.15, -0.1) is 0 Å². The number of rotatable bonds is 3. The van der Waals surface area contributed by atoms with Gasteiger partial charge in [0.15, 0.2) is 0 Å². The van der Waals surface area contributed by atoms with Crippen LogP contribution in [0.2, 0.25) is 0 Å². The number of hydrogen-bond donors (Lipinski definition) is 3. The Balaban J connectivity index is 2.06. The zero-order valence-corrected chi connectivity index (χ0v) is 9.48. The molecule has 0 unspecified atom stereocenters. The molecule has 0 bridgehead atoms. The number of carbonyl (C=O) groups is 1. The molecule has 0 saturated heterocycles. The highest BCUT2D eigenvalue weighted by Crippen LogP contribution is 2.12. The zero-order chi connectivity index (χ0) is 13.0. The summed E-state index contributed by atoms with van der Waals surface area (Å²) < 4.78 is 13.3. The van der Waals surface area contributed by atoms with E-state index in [9.17, 15) is 9.18 Å². The van der Waals surface area contributed by atoms with Crippen LogP contribution in [0.25, 0.3) is 0 Å². The Kier molecular flexibility index (Phi) is 3.43. The number of nitrogen functional groups attached to an aromatic ring is 1. The summed E-state index contributed by atoms with van der Waals surface area (Å²) in [5.41, 5.74) is 11.4. The molecule has 1 amide bonds. The minimum absolute atomic E-state index is 0.195. The van der Waals surface area contributed by atoms with Crippen molar-refractivity contribution >= 4 is 17.3 Å². The van der Waals surface area contributed by atoms with Crippen molar-refractivity contribution in [2.24, 2.45) is 0 Å². The molecule has 0 aliphatic carbocycles. The maximum absolute atomic E-state index is 13.3. The summed E-state index contributed by atoms with van der Waals surface area (Å²) in [5, 5.41) is 0. The fourth-order valence-electron chi connectivity index (χ4n) is 1.46. The van der Waals surface area contributed by atoms with Gasteiger partial charge in [-0.05, 0) is 24.3 Å². The van der Waals surface area contributed by atoms with Crippen molar-refractivity contribution in [3.63, 3.8) is 0 Å². The molecule has 2 rings (SSSR count). The normalized spacial score (nSPS) is 9.83. The quantitative estimate of drug-likeness (QED) is 0.573. The third kappa shape index (κ3) is 2.57. The van der Waals surface area contributed by atoms with E-state index in [2.05, 4.69) is 10.9 Å². The van der Waals surface area contributed by atoms with Crippen LogP contribution in [0.3, 0.4) is 0 Å². The van der Waals surface area contributed by atoms with E-state index in [1.165, 1.54) is 12.1 Å². The summed E-state index contributed by atoms with van der Waals surface area (Å²) in [6.45, 7) is 0. The summed E-state index contributed by atoms with van der Waals surface area (Å²) >= 11 is 0. The summed E-state index contributed by atoms with van der Waals surface area (Å²) in [5.74, 6) is -0.866. The molecule has 4 N–H and O–H groups in total. The number of nitrogens with two attached hydrogens (primary N) is 1.